The maximum Gasteiger partial charge on any atom is 0.268 e. The highest BCUT2D eigenvalue weighted by atomic mass is 127. The first-order valence-electron chi connectivity index (χ1n) is 9.05. The first-order valence-corrected chi connectivity index (χ1v) is 12.6. The van der Waals surface area contributed by atoms with Gasteiger partial charge in [0.15, 0.2) is 0 Å². The van der Waals surface area contributed by atoms with Gasteiger partial charge in [-0.05, 0) is 59.7 Å². The molecule has 28 heavy (non-hydrogen) atoms. The van der Waals surface area contributed by atoms with E-state index in [-0.39, 0.29) is 15.0 Å². The number of nitrogens with zero attached hydrogens (tertiary/aromatic N) is 2. The van der Waals surface area contributed by atoms with Gasteiger partial charge >= 0.3 is 0 Å². The van der Waals surface area contributed by atoms with Crippen molar-refractivity contribution >= 4 is 48.2 Å². The first-order chi connectivity index (χ1) is 13.2. The smallest absolute Gasteiger partial charge is 0.268 e. The number of carbonyl (C=O) groups excluding carboxylic acids is 1. The molecule has 0 fully saturated rings. The van der Waals surface area contributed by atoms with Gasteiger partial charge in [-0.15, -0.1) is 0 Å². The zero-order valence-corrected chi connectivity index (χ0v) is 19.6. The Kier molecular flexibility index (Phi) is 6.48. The number of nitrogens with one attached hydrogen (secondary N) is 1. The SMILES string of the molecule is CCCN1CC2=C(C(=O)NC2c2cc(S(=O)(=O)Cl)ccc2OCC)N(C)C1I. The quantitative estimate of drug-likeness (QED) is 0.259. The molecule has 2 aliphatic rings. The van der Waals surface area contributed by atoms with E-state index >= 15 is 0 Å². The summed E-state index contributed by atoms with van der Waals surface area (Å²) in [7, 11) is 3.55. The van der Waals surface area contributed by atoms with Crippen LogP contribution in [0.3, 0.4) is 0 Å². The lowest BCUT2D eigenvalue weighted by atomic mass is 9.97. The Labute approximate surface area is 183 Å². The van der Waals surface area contributed by atoms with E-state index in [2.05, 4.69) is 39.7 Å². The summed E-state index contributed by atoms with van der Waals surface area (Å²) < 4.78 is 29.5. The van der Waals surface area contributed by atoms with Crippen LogP contribution in [0.2, 0.25) is 0 Å². The van der Waals surface area contributed by atoms with Crippen molar-refractivity contribution in [2.75, 3.05) is 26.7 Å². The fourth-order valence-corrected chi connectivity index (χ4v) is 5.24. The van der Waals surface area contributed by atoms with Crippen molar-refractivity contribution in [3.05, 3.63) is 35.0 Å². The van der Waals surface area contributed by atoms with Gasteiger partial charge in [-0.1, -0.05) is 6.92 Å². The van der Waals surface area contributed by atoms with Gasteiger partial charge in [0.25, 0.3) is 15.0 Å². The molecule has 1 aromatic carbocycles. The number of rotatable bonds is 6. The Bertz CT molecular complexity index is 921. The van der Waals surface area contributed by atoms with Crippen LogP contribution in [0.4, 0.5) is 0 Å². The topological polar surface area (TPSA) is 79.0 Å². The van der Waals surface area contributed by atoms with Crippen molar-refractivity contribution in [1.82, 2.24) is 15.1 Å². The molecule has 0 radical (unpaired) electrons. The van der Waals surface area contributed by atoms with Crippen LogP contribution in [-0.4, -0.2) is 55.0 Å². The van der Waals surface area contributed by atoms with E-state index in [9.17, 15) is 13.2 Å². The van der Waals surface area contributed by atoms with E-state index in [0.29, 0.717) is 30.2 Å². The average molecular weight is 540 g/mol. The van der Waals surface area contributed by atoms with E-state index in [4.69, 9.17) is 15.4 Å². The number of likely N-dealkylation sites (N-methyl/N-ethyl adjacent to an activating group) is 1. The van der Waals surface area contributed by atoms with E-state index < -0.39 is 15.1 Å². The van der Waals surface area contributed by atoms with Crippen LogP contribution in [0.5, 0.6) is 5.75 Å². The Balaban J connectivity index is 2.11. The highest BCUT2D eigenvalue weighted by Gasteiger charge is 2.42. The van der Waals surface area contributed by atoms with Crippen LogP contribution in [0.1, 0.15) is 31.9 Å². The normalized spacial score (nSPS) is 23.0. The Hall–Kier alpha value is -1.04. The van der Waals surface area contributed by atoms with Crippen LogP contribution >= 0.6 is 33.3 Å². The third-order valence-electron chi connectivity index (χ3n) is 4.87. The van der Waals surface area contributed by atoms with Crippen LogP contribution in [-0.2, 0) is 13.8 Å². The maximum atomic E-state index is 12.7. The molecule has 1 N–H and O–H groups in total. The predicted octanol–water partition coefficient (Wildman–Crippen LogP) is 2.81. The van der Waals surface area contributed by atoms with Crippen LogP contribution in [0, 0.1) is 0 Å². The summed E-state index contributed by atoms with van der Waals surface area (Å²) >= 11 is 2.33. The van der Waals surface area contributed by atoms with Crippen molar-refractivity contribution in [1.29, 1.82) is 0 Å². The van der Waals surface area contributed by atoms with Gasteiger partial charge in [-0.25, -0.2) is 8.42 Å². The van der Waals surface area contributed by atoms with E-state index in [1.165, 1.54) is 12.1 Å². The number of halogens is 2. The molecule has 0 aliphatic carbocycles. The second-order valence-electron chi connectivity index (χ2n) is 6.74. The third kappa shape index (κ3) is 3.99. The molecule has 154 valence electrons. The van der Waals surface area contributed by atoms with Crippen LogP contribution in [0.15, 0.2) is 34.4 Å². The zero-order chi connectivity index (χ0) is 20.6. The van der Waals surface area contributed by atoms with Gasteiger partial charge in [-0.3, -0.25) is 9.69 Å². The molecule has 0 saturated carbocycles. The van der Waals surface area contributed by atoms with Gasteiger partial charge < -0.3 is 15.0 Å². The maximum absolute atomic E-state index is 12.7. The number of hydrogen-bond acceptors (Lipinski definition) is 6. The minimum absolute atomic E-state index is 0.0164. The Morgan fingerprint density at radius 1 is 1.36 bits per heavy atom. The molecule has 7 nitrogen and oxygen atoms in total. The number of benzene rings is 1. The Morgan fingerprint density at radius 3 is 2.68 bits per heavy atom. The molecule has 0 aromatic heterocycles. The molecular weight excluding hydrogens is 517 g/mol. The minimum atomic E-state index is -3.90. The van der Waals surface area contributed by atoms with Crippen molar-refractivity contribution < 1.29 is 17.9 Å². The molecule has 0 bridgehead atoms. The third-order valence-corrected chi connectivity index (χ3v) is 7.85. The average Bonchev–Trinajstić information content (AvgIpc) is 2.95. The standard InChI is InChI=1S/C18H23ClIN3O4S/c1-4-8-23-10-13-15(21-17(24)16(13)22(3)18(23)20)12-9-11(28(19,25)26)6-7-14(12)27-5-2/h6-7,9,15,18H,4-5,8,10H2,1-3H3,(H,21,24). The fraction of sp³-hybridized carbons (Fsp3) is 0.500. The van der Waals surface area contributed by atoms with Crippen LogP contribution in [0.25, 0.3) is 0 Å². The van der Waals surface area contributed by atoms with E-state index in [1.807, 2.05) is 18.9 Å². The van der Waals surface area contributed by atoms with Gasteiger partial charge in [0.05, 0.1) is 17.5 Å². The molecule has 0 spiro atoms. The van der Waals surface area contributed by atoms with Crippen molar-refractivity contribution in [3.8, 4) is 5.75 Å². The number of carbonyl (C=O) groups is 1. The summed E-state index contributed by atoms with van der Waals surface area (Å²) in [5.74, 6) is 0.369. The summed E-state index contributed by atoms with van der Waals surface area (Å²) in [4.78, 5) is 17.0. The molecule has 3 rings (SSSR count). The van der Waals surface area contributed by atoms with E-state index in [0.717, 1.165) is 18.5 Å². The molecule has 0 saturated heterocycles. The van der Waals surface area contributed by atoms with Crippen LogP contribution < -0.4 is 10.1 Å². The summed E-state index contributed by atoms with van der Waals surface area (Å²) in [6, 6.07) is 4.04. The molecule has 1 amide bonds. The number of amides is 1. The van der Waals surface area contributed by atoms with Crippen molar-refractivity contribution in [2.24, 2.45) is 0 Å². The zero-order valence-electron chi connectivity index (χ0n) is 15.9. The van der Waals surface area contributed by atoms with Gasteiger partial charge in [0, 0.05) is 36.4 Å². The van der Waals surface area contributed by atoms with Gasteiger partial charge in [0.2, 0.25) is 0 Å². The summed E-state index contributed by atoms with van der Waals surface area (Å²) in [5.41, 5.74) is 2.15. The molecule has 2 aliphatic heterocycles. The van der Waals surface area contributed by atoms with E-state index in [1.54, 1.807) is 6.07 Å². The summed E-state index contributed by atoms with van der Waals surface area (Å²) in [5, 5.41) is 3.00. The first kappa shape index (κ1) is 21.7. The Morgan fingerprint density at radius 2 is 2.07 bits per heavy atom. The van der Waals surface area contributed by atoms with Crippen molar-refractivity contribution in [3.63, 3.8) is 0 Å². The second-order valence-corrected chi connectivity index (χ2v) is 10.4. The number of ether oxygens (including phenoxy) is 1. The molecule has 2 heterocycles. The van der Waals surface area contributed by atoms with Gasteiger partial charge in [-0.2, -0.15) is 0 Å². The van der Waals surface area contributed by atoms with Crippen molar-refractivity contribution in [2.45, 2.75) is 35.4 Å². The fourth-order valence-electron chi connectivity index (χ4n) is 3.70. The minimum Gasteiger partial charge on any atom is -0.494 e. The molecule has 1 aromatic rings. The summed E-state index contributed by atoms with van der Waals surface area (Å²) in [6.45, 7) is 5.90. The number of hydrogen-bond donors (Lipinski definition) is 1. The predicted molar refractivity (Wildman–Crippen MR) is 116 cm³/mol. The lowest BCUT2D eigenvalue weighted by Gasteiger charge is -2.40. The number of alkyl halides is 1. The van der Waals surface area contributed by atoms with Gasteiger partial charge in [0.1, 0.15) is 15.6 Å². The molecule has 2 unspecified atom stereocenters. The highest BCUT2D eigenvalue weighted by Crippen LogP contribution is 2.41. The highest BCUT2D eigenvalue weighted by molar-refractivity contribution is 14.1. The summed E-state index contributed by atoms with van der Waals surface area (Å²) in [6.07, 6.45) is 0.992. The monoisotopic (exact) mass is 539 g/mol. The molecule has 10 heteroatoms. The second kappa shape index (κ2) is 8.37. The molecular formula is C18H23ClIN3O4S. The lowest BCUT2D eigenvalue weighted by Crippen LogP contribution is -2.48. The molecule has 2 atom stereocenters. The lowest BCUT2D eigenvalue weighted by molar-refractivity contribution is -0.118. The largest absolute Gasteiger partial charge is 0.494 e.